The zero-order chi connectivity index (χ0) is 11.8. The molecule has 0 aliphatic heterocycles. The van der Waals surface area contributed by atoms with Gasteiger partial charge in [0, 0.05) is 24.9 Å². The molecule has 96 valence electrons. The highest BCUT2D eigenvalue weighted by Gasteiger charge is 2.20. The van der Waals surface area contributed by atoms with E-state index in [1.807, 2.05) is 11.8 Å². The second kappa shape index (κ2) is 8.37. The number of rotatable bonds is 10. The van der Waals surface area contributed by atoms with Crippen LogP contribution in [0.1, 0.15) is 33.6 Å². The van der Waals surface area contributed by atoms with Gasteiger partial charge in [-0.1, -0.05) is 13.8 Å². The Balaban J connectivity index is 1.79. The third-order valence-electron chi connectivity index (χ3n) is 2.61. The molecule has 1 saturated carbocycles. The van der Waals surface area contributed by atoms with Gasteiger partial charge in [0.05, 0.1) is 6.61 Å². The van der Waals surface area contributed by atoms with Crippen LogP contribution in [0.25, 0.3) is 0 Å². The fourth-order valence-corrected chi connectivity index (χ4v) is 2.53. The lowest BCUT2D eigenvalue weighted by Crippen LogP contribution is -2.31. The highest BCUT2D eigenvalue weighted by atomic mass is 32.2. The first-order valence-electron chi connectivity index (χ1n) is 6.57. The van der Waals surface area contributed by atoms with Gasteiger partial charge in [0.1, 0.15) is 0 Å². The molecule has 3 heteroatoms. The molecule has 0 bridgehead atoms. The summed E-state index contributed by atoms with van der Waals surface area (Å²) in [7, 11) is 0. The first-order valence-corrected chi connectivity index (χ1v) is 7.72. The lowest BCUT2D eigenvalue weighted by molar-refractivity contribution is 0.125. The second-order valence-corrected chi connectivity index (χ2v) is 6.38. The summed E-state index contributed by atoms with van der Waals surface area (Å²) in [4.78, 5) is 0. The number of hydrogen-bond acceptors (Lipinski definition) is 3. The van der Waals surface area contributed by atoms with Crippen LogP contribution in [-0.4, -0.2) is 37.3 Å². The molecule has 1 fully saturated rings. The number of ether oxygens (including phenoxy) is 1. The number of hydrogen-bond donors (Lipinski definition) is 1. The Morgan fingerprint density at radius 2 is 2.00 bits per heavy atom. The lowest BCUT2D eigenvalue weighted by Gasteiger charge is -2.14. The van der Waals surface area contributed by atoms with Crippen LogP contribution >= 0.6 is 11.8 Å². The maximum atomic E-state index is 5.58. The fourth-order valence-electron chi connectivity index (χ4n) is 1.45. The van der Waals surface area contributed by atoms with E-state index in [9.17, 15) is 0 Å². The van der Waals surface area contributed by atoms with Crippen molar-refractivity contribution in [3.63, 3.8) is 0 Å². The fraction of sp³-hybridized carbons (Fsp3) is 1.00. The first kappa shape index (κ1) is 14.3. The van der Waals surface area contributed by atoms with Crippen molar-refractivity contribution in [2.75, 3.05) is 31.3 Å². The SMILES string of the molecule is CC(C)CSCC(C)NCCOCC1CC1. The van der Waals surface area contributed by atoms with Gasteiger partial charge in [-0.25, -0.2) is 0 Å². The first-order chi connectivity index (χ1) is 7.68. The molecule has 1 unspecified atom stereocenters. The maximum absolute atomic E-state index is 5.58. The van der Waals surface area contributed by atoms with Gasteiger partial charge in [-0.05, 0) is 37.4 Å². The van der Waals surface area contributed by atoms with Gasteiger partial charge in [0.2, 0.25) is 0 Å². The molecule has 16 heavy (non-hydrogen) atoms. The molecule has 2 nitrogen and oxygen atoms in total. The van der Waals surface area contributed by atoms with Gasteiger partial charge < -0.3 is 10.1 Å². The summed E-state index contributed by atoms with van der Waals surface area (Å²) in [5.74, 6) is 4.17. The summed E-state index contributed by atoms with van der Waals surface area (Å²) in [5.41, 5.74) is 0. The lowest BCUT2D eigenvalue weighted by atomic mass is 10.3. The maximum Gasteiger partial charge on any atom is 0.0591 e. The zero-order valence-corrected chi connectivity index (χ0v) is 11.8. The zero-order valence-electron chi connectivity index (χ0n) is 11.0. The molecular weight excluding hydrogens is 218 g/mol. The van der Waals surface area contributed by atoms with Crippen LogP contribution in [0.2, 0.25) is 0 Å². The molecule has 0 aromatic rings. The van der Waals surface area contributed by atoms with Crippen LogP contribution in [0.4, 0.5) is 0 Å². The molecule has 0 saturated heterocycles. The monoisotopic (exact) mass is 245 g/mol. The van der Waals surface area contributed by atoms with E-state index in [4.69, 9.17) is 4.74 Å². The highest BCUT2D eigenvalue weighted by Crippen LogP contribution is 2.28. The minimum atomic E-state index is 0.605. The van der Waals surface area contributed by atoms with Crippen molar-refractivity contribution in [3.8, 4) is 0 Å². The van der Waals surface area contributed by atoms with Crippen molar-refractivity contribution in [2.45, 2.75) is 39.7 Å². The Kier molecular flexibility index (Phi) is 7.50. The summed E-state index contributed by atoms with van der Waals surface area (Å²) in [5, 5.41) is 3.50. The molecule has 1 aliphatic carbocycles. The van der Waals surface area contributed by atoms with Gasteiger partial charge >= 0.3 is 0 Å². The van der Waals surface area contributed by atoms with E-state index in [1.165, 1.54) is 24.3 Å². The van der Waals surface area contributed by atoms with E-state index in [1.54, 1.807) is 0 Å². The topological polar surface area (TPSA) is 21.3 Å². The summed E-state index contributed by atoms with van der Waals surface area (Å²) in [6.45, 7) is 9.66. The highest BCUT2D eigenvalue weighted by molar-refractivity contribution is 7.99. The van der Waals surface area contributed by atoms with Crippen LogP contribution in [-0.2, 0) is 4.74 Å². The summed E-state index contributed by atoms with van der Waals surface area (Å²) < 4.78 is 5.58. The van der Waals surface area contributed by atoms with Crippen molar-refractivity contribution in [2.24, 2.45) is 11.8 Å². The summed E-state index contributed by atoms with van der Waals surface area (Å²) in [6, 6.07) is 0.605. The minimum absolute atomic E-state index is 0.605. The van der Waals surface area contributed by atoms with Gasteiger partial charge in [0.15, 0.2) is 0 Å². The average Bonchev–Trinajstić information content (AvgIpc) is 3.00. The van der Waals surface area contributed by atoms with Crippen LogP contribution in [0, 0.1) is 11.8 Å². The van der Waals surface area contributed by atoms with Crippen LogP contribution in [0.15, 0.2) is 0 Å². The van der Waals surface area contributed by atoms with Crippen molar-refractivity contribution in [3.05, 3.63) is 0 Å². The molecule has 0 aromatic carbocycles. The third kappa shape index (κ3) is 8.43. The van der Waals surface area contributed by atoms with Crippen LogP contribution in [0.3, 0.4) is 0 Å². The Morgan fingerprint density at radius 1 is 1.25 bits per heavy atom. The average molecular weight is 245 g/mol. The van der Waals surface area contributed by atoms with E-state index in [-0.39, 0.29) is 0 Å². The van der Waals surface area contributed by atoms with Crippen molar-refractivity contribution in [1.29, 1.82) is 0 Å². The number of thioether (sulfide) groups is 1. The number of nitrogens with one attached hydrogen (secondary N) is 1. The Labute approximate surface area is 105 Å². The largest absolute Gasteiger partial charge is 0.380 e. The van der Waals surface area contributed by atoms with E-state index in [2.05, 4.69) is 26.1 Å². The van der Waals surface area contributed by atoms with Gasteiger partial charge in [-0.2, -0.15) is 11.8 Å². The normalized spacial score (nSPS) is 18.0. The quantitative estimate of drug-likeness (QED) is 0.598. The molecule has 0 radical (unpaired) electrons. The Bertz CT molecular complexity index is 171. The van der Waals surface area contributed by atoms with Gasteiger partial charge in [-0.15, -0.1) is 0 Å². The van der Waals surface area contributed by atoms with E-state index < -0.39 is 0 Å². The van der Waals surface area contributed by atoms with E-state index in [0.717, 1.165) is 31.6 Å². The molecule has 0 aromatic heterocycles. The Morgan fingerprint density at radius 3 is 2.62 bits per heavy atom. The molecule has 1 N–H and O–H groups in total. The standard InChI is InChI=1S/C13H27NOS/c1-11(2)9-16-10-12(3)14-6-7-15-8-13-4-5-13/h11-14H,4-10H2,1-3H3. The van der Waals surface area contributed by atoms with Crippen molar-refractivity contribution >= 4 is 11.8 Å². The molecule has 1 atom stereocenters. The molecular formula is C13H27NOS. The Hall–Kier alpha value is 0.270. The molecule has 0 heterocycles. The molecule has 1 aliphatic rings. The second-order valence-electron chi connectivity index (χ2n) is 5.30. The van der Waals surface area contributed by atoms with Crippen molar-refractivity contribution in [1.82, 2.24) is 5.32 Å². The van der Waals surface area contributed by atoms with Crippen LogP contribution < -0.4 is 5.32 Å². The predicted octanol–water partition coefficient (Wildman–Crippen LogP) is 2.78. The summed E-state index contributed by atoms with van der Waals surface area (Å²) >= 11 is 2.04. The third-order valence-corrected chi connectivity index (χ3v) is 4.25. The van der Waals surface area contributed by atoms with E-state index >= 15 is 0 Å². The van der Waals surface area contributed by atoms with E-state index in [0.29, 0.717) is 6.04 Å². The smallest absolute Gasteiger partial charge is 0.0591 e. The van der Waals surface area contributed by atoms with Crippen LogP contribution in [0.5, 0.6) is 0 Å². The molecule has 0 amide bonds. The molecule has 0 spiro atoms. The van der Waals surface area contributed by atoms with Gasteiger partial charge in [0.25, 0.3) is 0 Å². The molecule has 1 rings (SSSR count). The van der Waals surface area contributed by atoms with Gasteiger partial charge in [-0.3, -0.25) is 0 Å². The predicted molar refractivity (Wildman–Crippen MR) is 73.2 cm³/mol. The minimum Gasteiger partial charge on any atom is -0.380 e. The van der Waals surface area contributed by atoms with Crippen molar-refractivity contribution < 1.29 is 4.74 Å². The summed E-state index contributed by atoms with van der Waals surface area (Å²) in [6.07, 6.45) is 2.77.